The molecule has 2 rings (SSSR count). The van der Waals surface area contributed by atoms with Gasteiger partial charge in [-0.25, -0.2) is 0 Å². The van der Waals surface area contributed by atoms with Gasteiger partial charge in [-0.05, 0) is 31.9 Å². The molecule has 0 saturated carbocycles. The average molecular weight is 331 g/mol. The van der Waals surface area contributed by atoms with Gasteiger partial charge in [-0.2, -0.15) is 13.2 Å². The molecule has 0 saturated heterocycles. The largest absolute Gasteiger partial charge is 0.393 e. The molecule has 1 heterocycles. The van der Waals surface area contributed by atoms with E-state index in [0.717, 1.165) is 6.07 Å². The van der Waals surface area contributed by atoms with E-state index in [1.165, 1.54) is 11.0 Å². The lowest BCUT2D eigenvalue weighted by atomic mass is 9.86. The zero-order valence-electron chi connectivity index (χ0n) is 12.6. The van der Waals surface area contributed by atoms with E-state index in [0.29, 0.717) is 5.56 Å². The fourth-order valence-corrected chi connectivity index (χ4v) is 2.70. The standard InChI is InChI=1S/C14H16F3N3O3/c1-13(2)8-6-9(18)11(20(22)23)7-10(8)19(12(13)21)5-3-4-14(15,16)17/h6-7H,3-5,18H2,1-2H3. The van der Waals surface area contributed by atoms with Crippen LogP contribution in [0.5, 0.6) is 0 Å². The molecule has 1 aliphatic rings. The van der Waals surface area contributed by atoms with Crippen LogP contribution in [0.25, 0.3) is 0 Å². The van der Waals surface area contributed by atoms with E-state index in [2.05, 4.69) is 0 Å². The quantitative estimate of drug-likeness (QED) is 0.521. The van der Waals surface area contributed by atoms with Crippen LogP contribution in [0.4, 0.5) is 30.2 Å². The molecule has 23 heavy (non-hydrogen) atoms. The number of hydrogen-bond acceptors (Lipinski definition) is 4. The van der Waals surface area contributed by atoms with Crippen molar-refractivity contribution in [1.82, 2.24) is 0 Å². The molecule has 1 aromatic rings. The van der Waals surface area contributed by atoms with E-state index in [1.54, 1.807) is 13.8 Å². The van der Waals surface area contributed by atoms with E-state index in [-0.39, 0.29) is 30.0 Å². The highest BCUT2D eigenvalue weighted by atomic mass is 19.4. The van der Waals surface area contributed by atoms with E-state index in [9.17, 15) is 28.1 Å². The highest BCUT2D eigenvalue weighted by molar-refractivity contribution is 6.08. The van der Waals surface area contributed by atoms with E-state index in [4.69, 9.17) is 5.73 Å². The van der Waals surface area contributed by atoms with E-state index < -0.39 is 28.8 Å². The van der Waals surface area contributed by atoms with Crippen molar-refractivity contribution in [3.05, 3.63) is 27.8 Å². The van der Waals surface area contributed by atoms with Crippen molar-refractivity contribution in [1.29, 1.82) is 0 Å². The molecule has 0 unspecified atom stereocenters. The lowest BCUT2D eigenvalue weighted by molar-refractivity contribution is -0.383. The van der Waals surface area contributed by atoms with Gasteiger partial charge in [0.1, 0.15) is 5.69 Å². The van der Waals surface area contributed by atoms with Gasteiger partial charge in [0.05, 0.1) is 16.0 Å². The molecule has 126 valence electrons. The summed E-state index contributed by atoms with van der Waals surface area (Å²) in [6.45, 7) is 3.07. The molecular weight excluding hydrogens is 315 g/mol. The Morgan fingerprint density at radius 2 is 1.96 bits per heavy atom. The number of rotatable bonds is 4. The van der Waals surface area contributed by atoms with Gasteiger partial charge >= 0.3 is 6.18 Å². The van der Waals surface area contributed by atoms with Crippen molar-refractivity contribution in [3.63, 3.8) is 0 Å². The molecule has 0 atom stereocenters. The smallest absolute Gasteiger partial charge is 0.389 e. The first-order valence-electron chi connectivity index (χ1n) is 6.92. The molecule has 2 N–H and O–H groups in total. The Morgan fingerprint density at radius 3 is 2.48 bits per heavy atom. The van der Waals surface area contributed by atoms with Crippen LogP contribution in [0.3, 0.4) is 0 Å². The molecule has 0 aromatic heterocycles. The number of nitro benzene ring substituents is 1. The maximum absolute atomic E-state index is 12.5. The minimum atomic E-state index is -4.31. The summed E-state index contributed by atoms with van der Waals surface area (Å²) < 4.78 is 36.9. The number of carbonyl (C=O) groups is 1. The number of alkyl halides is 3. The predicted molar refractivity (Wildman–Crippen MR) is 78.2 cm³/mol. The number of amides is 1. The highest BCUT2D eigenvalue weighted by Gasteiger charge is 2.45. The molecule has 1 amide bonds. The molecule has 0 aliphatic carbocycles. The summed E-state index contributed by atoms with van der Waals surface area (Å²) in [5.74, 6) is -0.394. The molecule has 6 nitrogen and oxygen atoms in total. The van der Waals surface area contributed by atoms with Crippen LogP contribution >= 0.6 is 0 Å². The average Bonchev–Trinajstić information content (AvgIpc) is 2.57. The Bertz CT molecular complexity index is 671. The van der Waals surface area contributed by atoms with Crippen LogP contribution in [0.1, 0.15) is 32.3 Å². The maximum Gasteiger partial charge on any atom is 0.389 e. The highest BCUT2D eigenvalue weighted by Crippen LogP contribution is 2.45. The van der Waals surface area contributed by atoms with Gasteiger partial charge in [-0.3, -0.25) is 14.9 Å². The van der Waals surface area contributed by atoms with Gasteiger partial charge in [0.25, 0.3) is 5.69 Å². The normalized spacial score (nSPS) is 16.6. The third-order valence-electron chi connectivity index (χ3n) is 3.93. The summed E-state index contributed by atoms with van der Waals surface area (Å²) in [6, 6.07) is 2.51. The molecule has 9 heteroatoms. The third-order valence-corrected chi connectivity index (χ3v) is 3.93. The van der Waals surface area contributed by atoms with E-state index >= 15 is 0 Å². The van der Waals surface area contributed by atoms with Crippen LogP contribution < -0.4 is 10.6 Å². The minimum Gasteiger partial charge on any atom is -0.393 e. The number of nitrogens with zero attached hydrogens (tertiary/aromatic N) is 2. The first kappa shape index (κ1) is 17.0. The summed E-state index contributed by atoms with van der Waals surface area (Å²) >= 11 is 0. The van der Waals surface area contributed by atoms with Crippen molar-refractivity contribution in [2.75, 3.05) is 17.2 Å². The topological polar surface area (TPSA) is 89.5 Å². The Kier molecular flexibility index (Phi) is 4.00. The van der Waals surface area contributed by atoms with Crippen LogP contribution in [-0.2, 0) is 10.2 Å². The summed E-state index contributed by atoms with van der Waals surface area (Å²) in [6.07, 6.45) is -5.61. The summed E-state index contributed by atoms with van der Waals surface area (Å²) in [5, 5.41) is 11.0. The van der Waals surface area contributed by atoms with Crippen molar-refractivity contribution in [2.24, 2.45) is 0 Å². The molecule has 0 bridgehead atoms. The monoisotopic (exact) mass is 331 g/mol. The third kappa shape index (κ3) is 3.08. The summed E-state index contributed by atoms with van der Waals surface area (Å²) in [4.78, 5) is 23.9. The number of fused-ring (bicyclic) bond motifs is 1. The van der Waals surface area contributed by atoms with Gasteiger partial charge < -0.3 is 10.6 Å². The summed E-state index contributed by atoms with van der Waals surface area (Å²) in [7, 11) is 0. The fourth-order valence-electron chi connectivity index (χ4n) is 2.70. The number of hydrogen-bond donors (Lipinski definition) is 1. The van der Waals surface area contributed by atoms with Gasteiger partial charge in [0.15, 0.2) is 0 Å². The Hall–Kier alpha value is -2.32. The summed E-state index contributed by atoms with van der Waals surface area (Å²) in [5.41, 5.74) is 4.95. The zero-order valence-corrected chi connectivity index (χ0v) is 12.6. The van der Waals surface area contributed by atoms with Crippen molar-refractivity contribution in [2.45, 2.75) is 38.3 Å². The number of nitro groups is 1. The van der Waals surface area contributed by atoms with Crippen molar-refractivity contribution in [3.8, 4) is 0 Å². The first-order chi connectivity index (χ1) is 10.4. The Morgan fingerprint density at radius 1 is 1.35 bits per heavy atom. The Balaban J connectivity index is 2.38. The second kappa shape index (κ2) is 5.39. The number of carbonyl (C=O) groups excluding carboxylic acids is 1. The molecule has 0 fully saturated rings. The van der Waals surface area contributed by atoms with Crippen LogP contribution in [-0.4, -0.2) is 23.6 Å². The number of nitrogen functional groups attached to an aromatic ring is 1. The van der Waals surface area contributed by atoms with Crippen LogP contribution in [0, 0.1) is 10.1 Å². The second-order valence-corrected chi connectivity index (χ2v) is 5.99. The molecule has 0 spiro atoms. The van der Waals surface area contributed by atoms with Crippen LogP contribution in [0.2, 0.25) is 0 Å². The van der Waals surface area contributed by atoms with Gasteiger partial charge in [-0.1, -0.05) is 0 Å². The number of anilines is 2. The van der Waals surface area contributed by atoms with Crippen molar-refractivity contribution < 1.29 is 22.9 Å². The molecule has 1 aliphatic heterocycles. The number of benzene rings is 1. The van der Waals surface area contributed by atoms with Gasteiger partial charge in [-0.15, -0.1) is 0 Å². The lowest BCUT2D eigenvalue weighted by Gasteiger charge is -2.20. The number of halogens is 3. The zero-order chi connectivity index (χ0) is 17.6. The Labute approximate surface area is 130 Å². The maximum atomic E-state index is 12.5. The molecule has 1 aromatic carbocycles. The SMILES string of the molecule is CC1(C)C(=O)N(CCCC(F)(F)F)c2cc([N+](=O)[O-])c(N)cc21. The molecule has 0 radical (unpaired) electrons. The van der Waals surface area contributed by atoms with Crippen LogP contribution in [0.15, 0.2) is 12.1 Å². The fraction of sp³-hybridized carbons (Fsp3) is 0.500. The van der Waals surface area contributed by atoms with Gasteiger partial charge in [0.2, 0.25) is 5.91 Å². The number of nitrogens with two attached hydrogens (primary N) is 1. The lowest BCUT2D eigenvalue weighted by Crippen LogP contribution is -2.37. The minimum absolute atomic E-state index is 0.0771. The second-order valence-electron chi connectivity index (χ2n) is 5.99. The van der Waals surface area contributed by atoms with E-state index in [1.807, 2.05) is 0 Å². The van der Waals surface area contributed by atoms with Gasteiger partial charge in [0, 0.05) is 19.0 Å². The molecular formula is C14H16F3N3O3. The predicted octanol–water partition coefficient (Wildman–Crippen LogP) is 3.14. The first-order valence-corrected chi connectivity index (χ1v) is 6.92. The van der Waals surface area contributed by atoms with Crippen molar-refractivity contribution >= 4 is 23.0 Å².